The Morgan fingerprint density at radius 1 is 0.564 bits per heavy atom. The summed E-state index contributed by atoms with van der Waals surface area (Å²) in [7, 11) is -3.73. The molecule has 9 heteroatoms. The molecule has 0 saturated heterocycles. The highest BCUT2D eigenvalue weighted by Crippen LogP contribution is 2.26. The molecule has 0 bridgehead atoms. The maximum absolute atomic E-state index is 13.1. The third-order valence-corrected chi connectivity index (χ3v) is 9.62. The van der Waals surface area contributed by atoms with Gasteiger partial charge in [0.25, 0.3) is 0 Å². The van der Waals surface area contributed by atoms with Gasteiger partial charge in [0.15, 0.2) is 0 Å². The molecule has 4 aromatic carbocycles. The van der Waals surface area contributed by atoms with Gasteiger partial charge in [-0.05, 0) is 72.8 Å². The van der Waals surface area contributed by atoms with Gasteiger partial charge in [0.2, 0.25) is 9.84 Å². The lowest BCUT2D eigenvalue weighted by Crippen LogP contribution is -2.20. The lowest BCUT2D eigenvalue weighted by atomic mass is 10.3. The molecule has 0 aliphatic heterocycles. The number of sulfone groups is 1. The van der Waals surface area contributed by atoms with Crippen molar-refractivity contribution in [2.75, 3.05) is 24.7 Å². The van der Waals surface area contributed by atoms with Gasteiger partial charge in [-0.1, -0.05) is 36.4 Å². The van der Waals surface area contributed by atoms with Crippen molar-refractivity contribution in [3.63, 3.8) is 0 Å². The molecule has 39 heavy (non-hydrogen) atoms. The zero-order chi connectivity index (χ0) is 27.5. The maximum atomic E-state index is 13.1. The van der Waals surface area contributed by atoms with Crippen molar-refractivity contribution >= 4 is 33.4 Å². The van der Waals surface area contributed by atoms with E-state index in [-0.39, 0.29) is 23.0 Å². The Labute approximate surface area is 237 Å². The minimum absolute atomic E-state index is 0.104. The van der Waals surface area contributed by atoms with Crippen molar-refractivity contribution < 1.29 is 28.1 Å². The highest BCUT2D eigenvalue weighted by atomic mass is 32.2. The summed E-state index contributed by atoms with van der Waals surface area (Å²) in [6.45, 7) is 0.208. The average molecular weight is 583 g/mol. The first-order valence-electron chi connectivity index (χ1n) is 12.3. The molecule has 2 N–H and O–H groups in total. The summed E-state index contributed by atoms with van der Waals surface area (Å²) in [5.74, 6) is 1.93. The van der Waals surface area contributed by atoms with Crippen LogP contribution in [0.3, 0.4) is 0 Å². The van der Waals surface area contributed by atoms with Crippen LogP contribution in [0, 0.1) is 0 Å². The lowest BCUT2D eigenvalue weighted by Gasteiger charge is -2.13. The first-order chi connectivity index (χ1) is 18.9. The first-order valence-corrected chi connectivity index (χ1v) is 15.8. The molecule has 0 aliphatic rings. The van der Waals surface area contributed by atoms with Gasteiger partial charge in [-0.15, -0.1) is 23.5 Å². The predicted molar refractivity (Wildman–Crippen MR) is 156 cm³/mol. The van der Waals surface area contributed by atoms with E-state index in [1.807, 2.05) is 60.7 Å². The fourth-order valence-corrected chi connectivity index (χ4v) is 6.39. The Bertz CT molecular complexity index is 1280. The minimum Gasteiger partial charge on any atom is -0.491 e. The van der Waals surface area contributed by atoms with Crippen LogP contribution in [0.15, 0.2) is 129 Å². The van der Waals surface area contributed by atoms with Crippen LogP contribution in [0.1, 0.15) is 0 Å². The Hall–Kier alpha value is -2.95. The number of hydrogen-bond acceptors (Lipinski definition) is 8. The molecule has 0 aromatic heterocycles. The number of aliphatic hydroxyl groups excluding tert-OH is 2. The maximum Gasteiger partial charge on any atom is 0.206 e. The standard InChI is InChI=1S/C30H30O6S3/c31-23(21-37-27-7-3-1-4-8-27)19-35-25-11-15-29(16-12-25)39(33,34)30-17-13-26(14-18-30)36-20-24(32)22-38-28-9-5-2-6-10-28/h1-18,23-24,31-32H,19-22H2. The largest absolute Gasteiger partial charge is 0.491 e. The van der Waals surface area contributed by atoms with Crippen molar-refractivity contribution in [3.05, 3.63) is 109 Å². The summed E-state index contributed by atoms with van der Waals surface area (Å²) in [5.41, 5.74) is 0. The van der Waals surface area contributed by atoms with Crippen molar-refractivity contribution in [2.24, 2.45) is 0 Å². The van der Waals surface area contributed by atoms with Crippen LogP contribution in [0.4, 0.5) is 0 Å². The summed E-state index contributed by atoms with van der Waals surface area (Å²) in [6.07, 6.45) is -1.33. The van der Waals surface area contributed by atoms with Crippen LogP contribution in [-0.4, -0.2) is 55.6 Å². The van der Waals surface area contributed by atoms with E-state index in [0.29, 0.717) is 23.0 Å². The monoisotopic (exact) mass is 582 g/mol. The van der Waals surface area contributed by atoms with Crippen LogP contribution < -0.4 is 9.47 Å². The first kappa shape index (κ1) is 29.0. The van der Waals surface area contributed by atoms with Gasteiger partial charge >= 0.3 is 0 Å². The van der Waals surface area contributed by atoms with Gasteiger partial charge < -0.3 is 19.7 Å². The van der Waals surface area contributed by atoms with Gasteiger partial charge in [-0.25, -0.2) is 8.42 Å². The smallest absolute Gasteiger partial charge is 0.206 e. The van der Waals surface area contributed by atoms with Gasteiger partial charge in [0.05, 0.1) is 22.0 Å². The van der Waals surface area contributed by atoms with E-state index in [9.17, 15) is 18.6 Å². The molecule has 204 valence electrons. The molecule has 2 unspecified atom stereocenters. The molecule has 2 atom stereocenters. The SMILES string of the molecule is O=S(=O)(c1ccc(OCC(O)CSc2ccccc2)cc1)c1ccc(OCC(O)CSc2ccccc2)cc1. The molecule has 0 saturated carbocycles. The highest BCUT2D eigenvalue weighted by Gasteiger charge is 2.18. The number of rotatable bonds is 14. The zero-order valence-electron chi connectivity index (χ0n) is 21.1. The van der Waals surface area contributed by atoms with E-state index in [1.165, 1.54) is 24.3 Å². The topological polar surface area (TPSA) is 93.1 Å². The molecule has 0 amide bonds. The van der Waals surface area contributed by atoms with Crippen LogP contribution in [0.5, 0.6) is 11.5 Å². The fourth-order valence-electron chi connectivity index (χ4n) is 3.47. The Kier molecular flexibility index (Phi) is 10.8. The van der Waals surface area contributed by atoms with Gasteiger partial charge in [-0.3, -0.25) is 0 Å². The van der Waals surface area contributed by atoms with Crippen LogP contribution in [0.25, 0.3) is 0 Å². The molecule has 4 aromatic rings. The van der Waals surface area contributed by atoms with E-state index in [0.717, 1.165) is 9.79 Å². The van der Waals surface area contributed by atoms with Gasteiger partial charge in [0, 0.05) is 21.3 Å². The average Bonchev–Trinajstić information content (AvgIpc) is 2.98. The summed E-state index contributed by atoms with van der Waals surface area (Å²) in [5, 5.41) is 20.4. The third kappa shape index (κ3) is 9.05. The number of aliphatic hydroxyl groups is 2. The number of hydrogen-bond donors (Lipinski definition) is 2. The molecule has 0 heterocycles. The van der Waals surface area contributed by atoms with Crippen LogP contribution >= 0.6 is 23.5 Å². The van der Waals surface area contributed by atoms with E-state index in [2.05, 4.69) is 0 Å². The number of benzene rings is 4. The molecule has 0 fully saturated rings. The number of ether oxygens (including phenoxy) is 2. The molecule has 0 spiro atoms. The Morgan fingerprint density at radius 3 is 1.28 bits per heavy atom. The normalized spacial score (nSPS) is 13.0. The highest BCUT2D eigenvalue weighted by molar-refractivity contribution is 7.99. The van der Waals surface area contributed by atoms with Crippen molar-refractivity contribution in [3.8, 4) is 11.5 Å². The predicted octanol–water partition coefficient (Wildman–Crippen LogP) is 5.58. The second-order valence-electron chi connectivity index (χ2n) is 8.62. The quantitative estimate of drug-likeness (QED) is 0.186. The second kappa shape index (κ2) is 14.4. The Balaban J connectivity index is 1.24. The summed E-state index contributed by atoms with van der Waals surface area (Å²) in [4.78, 5) is 2.41. The van der Waals surface area contributed by atoms with Crippen molar-refractivity contribution in [2.45, 2.75) is 31.8 Å². The molecule has 0 radical (unpaired) electrons. The molecule has 4 rings (SSSR count). The molecular formula is C30H30O6S3. The summed E-state index contributed by atoms with van der Waals surface area (Å²) < 4.78 is 37.4. The summed E-state index contributed by atoms with van der Waals surface area (Å²) in [6, 6.07) is 31.9. The fraction of sp³-hybridized carbons (Fsp3) is 0.200. The van der Waals surface area contributed by atoms with Gasteiger partial charge in [-0.2, -0.15) is 0 Å². The minimum atomic E-state index is -3.73. The van der Waals surface area contributed by atoms with Crippen LogP contribution in [-0.2, 0) is 9.84 Å². The summed E-state index contributed by atoms with van der Waals surface area (Å²) >= 11 is 3.08. The van der Waals surface area contributed by atoms with E-state index in [4.69, 9.17) is 9.47 Å². The molecule has 0 aliphatic carbocycles. The van der Waals surface area contributed by atoms with E-state index >= 15 is 0 Å². The zero-order valence-corrected chi connectivity index (χ0v) is 23.6. The molecule has 6 nitrogen and oxygen atoms in total. The van der Waals surface area contributed by atoms with Crippen molar-refractivity contribution in [1.82, 2.24) is 0 Å². The lowest BCUT2D eigenvalue weighted by molar-refractivity contribution is 0.126. The Morgan fingerprint density at radius 2 is 0.923 bits per heavy atom. The second-order valence-corrected chi connectivity index (χ2v) is 12.8. The molecular weight excluding hydrogens is 553 g/mol. The van der Waals surface area contributed by atoms with E-state index < -0.39 is 22.0 Å². The van der Waals surface area contributed by atoms with Gasteiger partial charge in [0.1, 0.15) is 24.7 Å². The third-order valence-electron chi connectivity index (χ3n) is 5.52. The van der Waals surface area contributed by atoms with Crippen molar-refractivity contribution in [1.29, 1.82) is 0 Å². The number of thioether (sulfide) groups is 2. The van der Waals surface area contributed by atoms with E-state index in [1.54, 1.807) is 47.8 Å². The van der Waals surface area contributed by atoms with Crippen LogP contribution in [0.2, 0.25) is 0 Å².